The Labute approximate surface area is 45.4 Å². The molecule has 0 saturated carbocycles. The largest absolute Gasteiger partial charge is 0.355 e. The Morgan fingerprint density at radius 3 is 3.00 bits per heavy atom. The van der Waals surface area contributed by atoms with Gasteiger partial charge in [-0.15, -0.1) is 0 Å². The Kier molecular flexibility index (Phi) is 1.13. The molecule has 0 fully saturated rings. The van der Waals surface area contributed by atoms with Gasteiger partial charge in [0.25, 0.3) is 5.91 Å². The second-order valence-corrected chi connectivity index (χ2v) is 1.30. The van der Waals surface area contributed by atoms with Crippen molar-refractivity contribution in [3.05, 3.63) is 0 Å². The van der Waals surface area contributed by atoms with Crippen molar-refractivity contribution in [2.75, 3.05) is 0 Å². The van der Waals surface area contributed by atoms with E-state index in [0.29, 0.717) is 0 Å². The van der Waals surface area contributed by atoms with Crippen molar-refractivity contribution in [1.29, 1.82) is 0 Å². The molecule has 0 radical (unpaired) electrons. The third kappa shape index (κ3) is 0.941. The van der Waals surface area contributed by atoms with Gasteiger partial charge in [0.2, 0.25) is 6.35 Å². The van der Waals surface area contributed by atoms with Gasteiger partial charge < -0.3 is 10.4 Å². The average Bonchev–Trinajstić information content (AvgIpc) is 1.64. The molecule has 5 heteroatoms. The summed E-state index contributed by atoms with van der Waals surface area (Å²) in [5.41, 5.74) is 2.21. The first-order valence-electron chi connectivity index (χ1n) is 2.06. The van der Waals surface area contributed by atoms with Crippen molar-refractivity contribution in [2.45, 2.75) is 6.35 Å². The first-order valence-corrected chi connectivity index (χ1v) is 2.06. The van der Waals surface area contributed by atoms with Crippen LogP contribution in [0.2, 0.25) is 0 Å². The molecule has 0 aromatic rings. The Morgan fingerprint density at radius 1 is 1.88 bits per heavy atom. The number of nitrogens with zero attached hydrogens (tertiary/aromatic N) is 1. The first kappa shape index (κ1) is 5.04. The van der Waals surface area contributed by atoms with Gasteiger partial charge in [-0.3, -0.25) is 10.2 Å². The van der Waals surface area contributed by atoms with E-state index in [4.69, 9.17) is 5.11 Å². The highest BCUT2D eigenvalue weighted by Crippen LogP contribution is 1.74. The average molecular weight is 115 g/mol. The second kappa shape index (κ2) is 1.79. The number of hydrazone groups is 1. The van der Waals surface area contributed by atoms with Crippen LogP contribution in [0.25, 0.3) is 0 Å². The third-order valence-corrected chi connectivity index (χ3v) is 0.658. The van der Waals surface area contributed by atoms with Crippen LogP contribution in [0.15, 0.2) is 5.10 Å². The summed E-state index contributed by atoms with van der Waals surface area (Å²) < 4.78 is 0. The fourth-order valence-corrected chi connectivity index (χ4v) is 0.371. The zero-order valence-corrected chi connectivity index (χ0v) is 3.96. The van der Waals surface area contributed by atoms with Crippen molar-refractivity contribution >= 4 is 12.1 Å². The maximum atomic E-state index is 10.2. The van der Waals surface area contributed by atoms with Crippen molar-refractivity contribution in [2.24, 2.45) is 5.10 Å². The monoisotopic (exact) mass is 115 g/mol. The summed E-state index contributed by atoms with van der Waals surface area (Å²) in [6, 6.07) is 0. The summed E-state index contributed by atoms with van der Waals surface area (Å²) in [5.74, 6) is -0.392. The number of nitrogens with one attached hydrogen (secondary N) is 2. The maximum Gasteiger partial charge on any atom is 0.267 e. The van der Waals surface area contributed by atoms with Gasteiger partial charge in [-0.1, -0.05) is 0 Å². The van der Waals surface area contributed by atoms with Crippen LogP contribution in [0.1, 0.15) is 0 Å². The van der Waals surface area contributed by atoms with Crippen molar-refractivity contribution in [3.8, 4) is 0 Å². The fraction of sp³-hybridized carbons (Fsp3) is 0.333. The molecule has 44 valence electrons. The van der Waals surface area contributed by atoms with E-state index in [0.717, 1.165) is 6.21 Å². The highest BCUT2D eigenvalue weighted by atomic mass is 16.3. The Balaban J connectivity index is 2.54. The highest BCUT2D eigenvalue weighted by molar-refractivity contribution is 6.26. The number of hydrogen-bond acceptors (Lipinski definition) is 4. The standard InChI is InChI=1S/C3H5N3O2/c7-2-1-4-6-3(8)5-2/h1,3,6,8H,(H,5,7). The van der Waals surface area contributed by atoms with Crippen LogP contribution in [-0.4, -0.2) is 23.6 Å². The van der Waals surface area contributed by atoms with E-state index in [1.165, 1.54) is 0 Å². The predicted octanol–water partition coefficient (Wildman–Crippen LogP) is -2.03. The Bertz CT molecular complexity index is 132. The summed E-state index contributed by atoms with van der Waals surface area (Å²) >= 11 is 0. The molecule has 0 aromatic carbocycles. The lowest BCUT2D eigenvalue weighted by Gasteiger charge is -2.13. The molecule has 3 N–H and O–H groups in total. The van der Waals surface area contributed by atoms with Crippen LogP contribution in [-0.2, 0) is 4.79 Å². The van der Waals surface area contributed by atoms with E-state index < -0.39 is 12.3 Å². The normalized spacial score (nSPS) is 26.6. The molecule has 0 bridgehead atoms. The van der Waals surface area contributed by atoms with Crippen LogP contribution >= 0.6 is 0 Å². The Hall–Kier alpha value is -1.10. The molecule has 0 aliphatic carbocycles. The lowest BCUT2D eigenvalue weighted by Crippen LogP contribution is -2.47. The summed E-state index contributed by atoms with van der Waals surface area (Å²) in [7, 11) is 0. The lowest BCUT2D eigenvalue weighted by molar-refractivity contribution is -0.118. The fourth-order valence-electron chi connectivity index (χ4n) is 0.371. The quantitative estimate of drug-likeness (QED) is 0.341. The summed E-state index contributed by atoms with van der Waals surface area (Å²) in [6.45, 7) is 0. The van der Waals surface area contributed by atoms with Gasteiger partial charge in [0.15, 0.2) is 0 Å². The molecule has 1 unspecified atom stereocenters. The molecular formula is C3H5N3O2. The highest BCUT2D eigenvalue weighted by Gasteiger charge is 2.07. The summed E-state index contributed by atoms with van der Waals surface area (Å²) in [4.78, 5) is 10.2. The zero-order chi connectivity index (χ0) is 5.98. The molecular weight excluding hydrogens is 110 g/mol. The van der Waals surface area contributed by atoms with Crippen molar-refractivity contribution in [1.82, 2.24) is 10.7 Å². The lowest BCUT2D eigenvalue weighted by atomic mass is 10.6. The number of amides is 1. The van der Waals surface area contributed by atoms with Gasteiger partial charge in [0, 0.05) is 0 Å². The number of aliphatic hydroxyl groups is 1. The van der Waals surface area contributed by atoms with Crippen molar-refractivity contribution < 1.29 is 9.90 Å². The SMILES string of the molecule is O=C1C=NNC(O)N1. The molecule has 0 spiro atoms. The minimum Gasteiger partial charge on any atom is -0.355 e. The zero-order valence-electron chi connectivity index (χ0n) is 3.96. The number of rotatable bonds is 0. The maximum absolute atomic E-state index is 10.2. The second-order valence-electron chi connectivity index (χ2n) is 1.30. The van der Waals surface area contributed by atoms with Crippen molar-refractivity contribution in [3.63, 3.8) is 0 Å². The Morgan fingerprint density at radius 2 is 2.62 bits per heavy atom. The van der Waals surface area contributed by atoms with Gasteiger partial charge in [0.1, 0.15) is 6.21 Å². The molecule has 1 amide bonds. The van der Waals surface area contributed by atoms with Crippen LogP contribution in [0.5, 0.6) is 0 Å². The first-order chi connectivity index (χ1) is 3.79. The van der Waals surface area contributed by atoms with Crippen LogP contribution < -0.4 is 10.7 Å². The van der Waals surface area contributed by atoms with Gasteiger partial charge in [-0.05, 0) is 0 Å². The van der Waals surface area contributed by atoms with Crippen LogP contribution in [0.4, 0.5) is 0 Å². The predicted molar refractivity (Wildman–Crippen MR) is 25.8 cm³/mol. The molecule has 1 heterocycles. The minimum absolute atomic E-state index is 0.392. The molecule has 5 nitrogen and oxygen atoms in total. The summed E-state index contributed by atoms with van der Waals surface area (Å²) in [6.07, 6.45) is 0.0136. The molecule has 8 heavy (non-hydrogen) atoms. The smallest absolute Gasteiger partial charge is 0.267 e. The van der Waals surface area contributed by atoms with Crippen LogP contribution in [0, 0.1) is 0 Å². The van der Waals surface area contributed by atoms with E-state index in [1.54, 1.807) is 0 Å². The minimum atomic E-state index is -1.03. The van der Waals surface area contributed by atoms with E-state index >= 15 is 0 Å². The molecule has 1 atom stereocenters. The molecule has 0 saturated heterocycles. The topological polar surface area (TPSA) is 73.7 Å². The van der Waals surface area contributed by atoms with Crippen LogP contribution in [0.3, 0.4) is 0 Å². The third-order valence-electron chi connectivity index (χ3n) is 0.658. The van der Waals surface area contributed by atoms with Gasteiger partial charge >= 0.3 is 0 Å². The van der Waals surface area contributed by atoms with Gasteiger partial charge in [-0.25, -0.2) is 0 Å². The number of hydrogen-bond donors (Lipinski definition) is 3. The number of aliphatic hydroxyl groups excluding tert-OH is 1. The van der Waals surface area contributed by atoms with E-state index in [9.17, 15) is 4.79 Å². The van der Waals surface area contributed by atoms with E-state index in [2.05, 4.69) is 15.8 Å². The van der Waals surface area contributed by atoms with E-state index in [1.807, 2.05) is 0 Å². The summed E-state index contributed by atoms with van der Waals surface area (Å²) in [5, 5.41) is 14.0. The molecule has 1 aliphatic heterocycles. The molecule has 1 aliphatic rings. The van der Waals surface area contributed by atoms with Gasteiger partial charge in [-0.2, -0.15) is 5.10 Å². The van der Waals surface area contributed by atoms with E-state index in [-0.39, 0.29) is 0 Å². The van der Waals surface area contributed by atoms with Gasteiger partial charge in [0.05, 0.1) is 0 Å². The molecule has 1 rings (SSSR count). The number of carbonyl (C=O) groups is 1. The number of carbonyl (C=O) groups excluding carboxylic acids is 1. The molecule has 0 aromatic heterocycles.